The average molecular weight is 168 g/mol. The van der Waals surface area contributed by atoms with Crippen molar-refractivity contribution in [3.8, 4) is 5.88 Å². The Morgan fingerprint density at radius 1 is 1.58 bits per heavy atom. The van der Waals surface area contributed by atoms with Gasteiger partial charge in [-0.05, 0) is 5.92 Å². The van der Waals surface area contributed by atoms with Crippen molar-refractivity contribution in [3.05, 3.63) is 11.3 Å². The number of hydrogen-bond acceptors (Lipinski definition) is 3. The van der Waals surface area contributed by atoms with Crippen molar-refractivity contribution < 1.29 is 9.90 Å². The van der Waals surface area contributed by atoms with Crippen molar-refractivity contribution in [2.45, 2.75) is 19.8 Å². The average Bonchev–Trinajstić information content (AvgIpc) is 2.29. The predicted molar refractivity (Wildman–Crippen MR) is 44.3 cm³/mol. The second-order valence-electron chi connectivity index (χ2n) is 3.02. The molecule has 0 fully saturated rings. The van der Waals surface area contributed by atoms with E-state index in [0.717, 1.165) is 0 Å². The zero-order chi connectivity index (χ0) is 9.30. The van der Waals surface area contributed by atoms with Gasteiger partial charge in [-0.1, -0.05) is 13.8 Å². The Balaban J connectivity index is 3.29. The molecule has 4 nitrogen and oxygen atoms in total. The lowest BCUT2D eigenvalue weighted by Crippen LogP contribution is -1.94. The summed E-state index contributed by atoms with van der Waals surface area (Å²) in [6.45, 7) is 3.85. The van der Waals surface area contributed by atoms with Crippen LogP contribution in [0.3, 0.4) is 0 Å². The van der Waals surface area contributed by atoms with Crippen LogP contribution in [0.5, 0.6) is 5.88 Å². The zero-order valence-corrected chi connectivity index (χ0v) is 7.40. The third kappa shape index (κ3) is 1.20. The second kappa shape index (κ2) is 2.97. The first-order chi connectivity index (χ1) is 5.57. The molecule has 1 rings (SSSR count). The molecule has 0 atom stereocenters. The van der Waals surface area contributed by atoms with Gasteiger partial charge in [0.2, 0.25) is 5.88 Å². The summed E-state index contributed by atoms with van der Waals surface area (Å²) in [5.41, 5.74) is 0.942. The van der Waals surface area contributed by atoms with Gasteiger partial charge in [0.1, 0.15) is 0 Å². The summed E-state index contributed by atoms with van der Waals surface area (Å²) < 4.78 is 1.30. The van der Waals surface area contributed by atoms with Crippen LogP contribution in [0, 0.1) is 0 Å². The number of aromatic hydroxyl groups is 1. The minimum absolute atomic E-state index is 0.0614. The summed E-state index contributed by atoms with van der Waals surface area (Å²) in [5, 5.41) is 13.4. The number of hydrogen-bond donors (Lipinski definition) is 1. The van der Waals surface area contributed by atoms with Crippen LogP contribution in [0.2, 0.25) is 0 Å². The molecular weight excluding hydrogens is 156 g/mol. The van der Waals surface area contributed by atoms with E-state index >= 15 is 0 Å². The molecule has 66 valence electrons. The minimum atomic E-state index is -0.0614. The fourth-order valence-electron chi connectivity index (χ4n) is 1.09. The fraction of sp³-hybridized carbons (Fsp3) is 0.500. The molecule has 0 bridgehead atoms. The molecular formula is C8H12N2O2. The van der Waals surface area contributed by atoms with Gasteiger partial charge in [0.05, 0.1) is 11.3 Å². The molecule has 0 aliphatic carbocycles. The van der Waals surface area contributed by atoms with E-state index in [4.69, 9.17) is 0 Å². The number of nitrogens with zero attached hydrogens (tertiary/aromatic N) is 2. The Morgan fingerprint density at radius 3 is 2.50 bits per heavy atom. The standard InChI is InChI=1S/C8H12N2O2/c1-5(2)7-6(4-11)8(12)10(3)9-7/h4-5,12H,1-3H3. The highest BCUT2D eigenvalue weighted by atomic mass is 16.3. The molecule has 1 heterocycles. The Hall–Kier alpha value is -1.32. The number of carbonyl (C=O) groups is 1. The minimum Gasteiger partial charge on any atom is -0.493 e. The number of rotatable bonds is 2. The molecule has 1 aromatic rings. The van der Waals surface area contributed by atoms with Crippen molar-refractivity contribution in [1.82, 2.24) is 9.78 Å². The first kappa shape index (κ1) is 8.77. The van der Waals surface area contributed by atoms with E-state index in [9.17, 15) is 9.90 Å². The molecule has 0 aliphatic heterocycles. The fourth-order valence-corrected chi connectivity index (χ4v) is 1.09. The van der Waals surface area contributed by atoms with Gasteiger partial charge in [-0.25, -0.2) is 4.68 Å². The summed E-state index contributed by atoms with van der Waals surface area (Å²) in [4.78, 5) is 10.6. The maximum atomic E-state index is 10.6. The molecule has 0 aromatic carbocycles. The highest BCUT2D eigenvalue weighted by Gasteiger charge is 2.16. The summed E-state index contributed by atoms with van der Waals surface area (Å²) in [5.74, 6) is 0.0889. The molecule has 1 N–H and O–H groups in total. The molecule has 0 amide bonds. The van der Waals surface area contributed by atoms with E-state index in [-0.39, 0.29) is 11.8 Å². The summed E-state index contributed by atoms with van der Waals surface area (Å²) in [6, 6.07) is 0. The maximum Gasteiger partial charge on any atom is 0.220 e. The number of aromatic nitrogens is 2. The normalized spacial score (nSPS) is 10.7. The van der Waals surface area contributed by atoms with Crippen LogP contribution in [-0.2, 0) is 7.05 Å². The van der Waals surface area contributed by atoms with E-state index < -0.39 is 0 Å². The summed E-state index contributed by atoms with van der Waals surface area (Å²) in [6.07, 6.45) is 0.637. The molecule has 0 saturated heterocycles. The Labute approximate surface area is 70.8 Å². The van der Waals surface area contributed by atoms with Gasteiger partial charge in [0.25, 0.3) is 0 Å². The monoisotopic (exact) mass is 168 g/mol. The van der Waals surface area contributed by atoms with Crippen LogP contribution < -0.4 is 0 Å². The highest BCUT2D eigenvalue weighted by Crippen LogP contribution is 2.23. The number of aryl methyl sites for hydroxylation is 1. The van der Waals surface area contributed by atoms with Crippen LogP contribution in [0.1, 0.15) is 35.8 Å². The van der Waals surface area contributed by atoms with Gasteiger partial charge in [-0.3, -0.25) is 4.79 Å². The third-order valence-electron chi connectivity index (χ3n) is 1.75. The zero-order valence-electron chi connectivity index (χ0n) is 7.40. The quantitative estimate of drug-likeness (QED) is 0.672. The molecule has 0 unspecified atom stereocenters. The summed E-state index contributed by atoms with van der Waals surface area (Å²) in [7, 11) is 1.61. The topological polar surface area (TPSA) is 55.1 Å². The van der Waals surface area contributed by atoms with E-state index in [1.165, 1.54) is 4.68 Å². The van der Waals surface area contributed by atoms with Gasteiger partial charge in [0, 0.05) is 7.05 Å². The molecule has 0 saturated carbocycles. The maximum absolute atomic E-state index is 10.6. The van der Waals surface area contributed by atoms with E-state index in [0.29, 0.717) is 17.5 Å². The van der Waals surface area contributed by atoms with Gasteiger partial charge >= 0.3 is 0 Å². The number of carbonyl (C=O) groups excluding carboxylic acids is 1. The van der Waals surface area contributed by atoms with Crippen molar-refractivity contribution in [3.63, 3.8) is 0 Å². The van der Waals surface area contributed by atoms with Gasteiger partial charge in [0.15, 0.2) is 6.29 Å². The van der Waals surface area contributed by atoms with Crippen molar-refractivity contribution >= 4 is 6.29 Å². The highest BCUT2D eigenvalue weighted by molar-refractivity contribution is 5.80. The first-order valence-electron chi connectivity index (χ1n) is 3.79. The Kier molecular flexibility index (Phi) is 2.17. The smallest absolute Gasteiger partial charge is 0.220 e. The lowest BCUT2D eigenvalue weighted by Gasteiger charge is -1.98. The lowest BCUT2D eigenvalue weighted by atomic mass is 10.1. The summed E-state index contributed by atoms with van der Waals surface area (Å²) >= 11 is 0. The largest absolute Gasteiger partial charge is 0.493 e. The van der Waals surface area contributed by atoms with Crippen LogP contribution in [0.25, 0.3) is 0 Å². The third-order valence-corrected chi connectivity index (χ3v) is 1.75. The molecule has 0 spiro atoms. The van der Waals surface area contributed by atoms with Crippen LogP contribution >= 0.6 is 0 Å². The first-order valence-corrected chi connectivity index (χ1v) is 3.79. The Bertz CT molecular complexity index is 302. The molecule has 1 aromatic heterocycles. The lowest BCUT2D eigenvalue weighted by molar-refractivity contribution is 0.111. The second-order valence-corrected chi connectivity index (χ2v) is 3.02. The molecule has 4 heteroatoms. The van der Waals surface area contributed by atoms with E-state index in [1.54, 1.807) is 7.05 Å². The van der Waals surface area contributed by atoms with Gasteiger partial charge in [-0.15, -0.1) is 0 Å². The number of aldehydes is 1. The van der Waals surface area contributed by atoms with Crippen LogP contribution in [0.15, 0.2) is 0 Å². The Morgan fingerprint density at radius 2 is 2.17 bits per heavy atom. The van der Waals surface area contributed by atoms with Crippen molar-refractivity contribution in [2.75, 3.05) is 0 Å². The SMILES string of the molecule is CC(C)c1nn(C)c(O)c1C=O. The van der Waals surface area contributed by atoms with Gasteiger partial charge < -0.3 is 5.11 Å². The van der Waals surface area contributed by atoms with E-state index in [1.807, 2.05) is 13.8 Å². The molecule has 0 radical (unpaired) electrons. The van der Waals surface area contributed by atoms with Gasteiger partial charge in [-0.2, -0.15) is 5.10 Å². The predicted octanol–water partition coefficient (Wildman–Crippen LogP) is 1.06. The molecule has 12 heavy (non-hydrogen) atoms. The molecule has 0 aliphatic rings. The van der Waals surface area contributed by atoms with Crippen molar-refractivity contribution in [1.29, 1.82) is 0 Å². The van der Waals surface area contributed by atoms with Crippen LogP contribution in [-0.4, -0.2) is 21.2 Å². The van der Waals surface area contributed by atoms with Crippen LogP contribution in [0.4, 0.5) is 0 Å². The van der Waals surface area contributed by atoms with Crippen molar-refractivity contribution in [2.24, 2.45) is 7.05 Å². The van der Waals surface area contributed by atoms with E-state index in [2.05, 4.69) is 5.10 Å².